The number of nitro benzene ring substituents is 1. The third-order valence-electron chi connectivity index (χ3n) is 3.63. The minimum atomic E-state index is -0.388. The van der Waals surface area contributed by atoms with Crippen LogP contribution in [0.15, 0.2) is 28.1 Å². The molecule has 2 aromatic rings. The molecule has 0 fully saturated rings. The summed E-state index contributed by atoms with van der Waals surface area (Å²) in [5, 5.41) is 17.2. The molecule has 2 N–H and O–H groups in total. The molecule has 0 saturated carbocycles. The molecule has 0 radical (unpaired) electrons. The van der Waals surface area contributed by atoms with E-state index in [0.717, 1.165) is 15.8 Å². The summed E-state index contributed by atoms with van der Waals surface area (Å²) in [7, 11) is 0. The average Bonchev–Trinajstić information content (AvgIpc) is 2.91. The average molecular weight is 396 g/mol. The number of aryl methyl sites for hydroxylation is 1. The van der Waals surface area contributed by atoms with Gasteiger partial charge in [0.25, 0.3) is 5.69 Å². The topological polar surface area (TPSA) is 84.3 Å². The number of rotatable bonds is 5. The lowest BCUT2D eigenvalue weighted by Crippen LogP contribution is -2.19. The number of carbonyl (C=O) groups is 1. The highest BCUT2D eigenvalue weighted by atomic mass is 79.9. The Morgan fingerprint density at radius 1 is 1.35 bits per heavy atom. The Balaban J connectivity index is 1.78. The third kappa shape index (κ3) is 3.70. The maximum atomic E-state index is 11.5. The maximum Gasteiger partial charge on any atom is 0.292 e. The zero-order chi connectivity index (χ0) is 16.4. The minimum absolute atomic E-state index is 0.0484. The van der Waals surface area contributed by atoms with Crippen LogP contribution in [0, 0.1) is 10.1 Å². The lowest BCUT2D eigenvalue weighted by molar-refractivity contribution is -0.384. The fourth-order valence-corrected chi connectivity index (χ4v) is 4.00. The van der Waals surface area contributed by atoms with Gasteiger partial charge in [0.1, 0.15) is 5.69 Å². The molecule has 120 valence electrons. The Hall–Kier alpha value is -1.93. The Morgan fingerprint density at radius 3 is 2.87 bits per heavy atom. The number of hydrogen-bond donors (Lipinski definition) is 2. The minimum Gasteiger partial charge on any atom is -0.379 e. The summed E-state index contributed by atoms with van der Waals surface area (Å²) in [6.45, 7) is 0.584. The van der Waals surface area contributed by atoms with E-state index in [9.17, 15) is 14.9 Å². The standard InChI is InChI=1S/C15H14BrN3O3S/c16-14-3-2-10(23-14)5-6-17-12-8-11-9(1-4-15(20)18-11)7-13(12)19(21)22/h2-3,7-8,17H,1,4-6H2,(H,18,20). The highest BCUT2D eigenvalue weighted by Gasteiger charge is 2.22. The van der Waals surface area contributed by atoms with Gasteiger partial charge in [-0.05, 0) is 52.5 Å². The molecule has 1 aromatic carbocycles. The van der Waals surface area contributed by atoms with E-state index in [0.29, 0.717) is 30.8 Å². The van der Waals surface area contributed by atoms with Crippen molar-refractivity contribution in [1.29, 1.82) is 0 Å². The van der Waals surface area contributed by atoms with Gasteiger partial charge < -0.3 is 10.6 Å². The summed E-state index contributed by atoms with van der Waals surface area (Å²) in [4.78, 5) is 23.6. The van der Waals surface area contributed by atoms with E-state index in [2.05, 4.69) is 26.6 Å². The largest absolute Gasteiger partial charge is 0.379 e. The van der Waals surface area contributed by atoms with Gasteiger partial charge >= 0.3 is 0 Å². The lowest BCUT2D eigenvalue weighted by atomic mass is 10.0. The van der Waals surface area contributed by atoms with Crippen LogP contribution in [-0.4, -0.2) is 17.4 Å². The lowest BCUT2D eigenvalue weighted by Gasteiger charge is -2.18. The number of hydrogen-bond acceptors (Lipinski definition) is 5. The summed E-state index contributed by atoms with van der Waals surface area (Å²) < 4.78 is 1.06. The van der Waals surface area contributed by atoms with Gasteiger partial charge in [0.2, 0.25) is 5.91 Å². The van der Waals surface area contributed by atoms with Crippen molar-refractivity contribution in [3.8, 4) is 0 Å². The molecule has 0 aliphatic carbocycles. The van der Waals surface area contributed by atoms with E-state index in [1.54, 1.807) is 23.5 Å². The van der Waals surface area contributed by atoms with Gasteiger partial charge in [-0.15, -0.1) is 11.3 Å². The normalized spacial score (nSPS) is 13.3. The molecule has 0 bridgehead atoms. The zero-order valence-corrected chi connectivity index (χ0v) is 14.5. The van der Waals surface area contributed by atoms with Crippen molar-refractivity contribution in [1.82, 2.24) is 0 Å². The predicted octanol–water partition coefficient (Wildman–Crippen LogP) is 3.96. The van der Waals surface area contributed by atoms with Crippen LogP contribution >= 0.6 is 27.3 Å². The summed E-state index contributed by atoms with van der Waals surface area (Å²) in [5.41, 5.74) is 1.95. The van der Waals surface area contributed by atoms with Gasteiger partial charge in [-0.25, -0.2) is 0 Å². The van der Waals surface area contributed by atoms with Crippen molar-refractivity contribution in [3.63, 3.8) is 0 Å². The molecule has 0 atom stereocenters. The van der Waals surface area contributed by atoms with Crippen LogP contribution in [0.5, 0.6) is 0 Å². The van der Waals surface area contributed by atoms with Crippen molar-refractivity contribution >= 4 is 50.2 Å². The number of carbonyl (C=O) groups excluding carboxylic acids is 1. The van der Waals surface area contributed by atoms with Crippen LogP contribution < -0.4 is 10.6 Å². The van der Waals surface area contributed by atoms with Gasteiger partial charge in [-0.2, -0.15) is 0 Å². The van der Waals surface area contributed by atoms with Crippen LogP contribution in [0.25, 0.3) is 0 Å². The fourth-order valence-electron chi connectivity index (χ4n) is 2.51. The van der Waals surface area contributed by atoms with Crippen LogP contribution in [-0.2, 0) is 17.6 Å². The van der Waals surface area contributed by atoms with E-state index >= 15 is 0 Å². The van der Waals surface area contributed by atoms with E-state index in [4.69, 9.17) is 0 Å². The summed E-state index contributed by atoms with van der Waals surface area (Å²) in [5.74, 6) is -0.0549. The number of amides is 1. The van der Waals surface area contributed by atoms with Gasteiger partial charge in [0, 0.05) is 29.6 Å². The second-order valence-corrected chi connectivity index (χ2v) is 7.76. The molecule has 0 saturated heterocycles. The van der Waals surface area contributed by atoms with E-state index in [1.165, 1.54) is 4.88 Å². The predicted molar refractivity (Wildman–Crippen MR) is 94.3 cm³/mol. The number of halogens is 1. The first-order valence-electron chi connectivity index (χ1n) is 7.12. The van der Waals surface area contributed by atoms with Crippen molar-refractivity contribution in [2.75, 3.05) is 17.2 Å². The molecule has 0 spiro atoms. The molecule has 1 aliphatic heterocycles. The Labute approximate surface area is 145 Å². The van der Waals surface area contributed by atoms with Crippen LogP contribution in [0.2, 0.25) is 0 Å². The molecule has 0 unspecified atom stereocenters. The second-order valence-electron chi connectivity index (χ2n) is 5.21. The third-order valence-corrected chi connectivity index (χ3v) is 5.31. The molecule has 8 heteroatoms. The summed E-state index contributed by atoms with van der Waals surface area (Å²) >= 11 is 5.06. The SMILES string of the molecule is O=C1CCc2cc([N+](=O)[O-])c(NCCc3ccc(Br)s3)cc2N1. The van der Waals surface area contributed by atoms with Crippen LogP contribution in [0.1, 0.15) is 16.9 Å². The van der Waals surface area contributed by atoms with Crippen molar-refractivity contribution < 1.29 is 9.72 Å². The molecule has 3 rings (SSSR count). The monoisotopic (exact) mass is 395 g/mol. The molecule has 2 heterocycles. The highest BCUT2D eigenvalue weighted by molar-refractivity contribution is 9.11. The molecule has 1 amide bonds. The number of thiophene rings is 1. The number of fused-ring (bicyclic) bond motifs is 1. The van der Waals surface area contributed by atoms with Crippen molar-refractivity contribution in [2.24, 2.45) is 0 Å². The Bertz CT molecular complexity index is 775. The molecular formula is C15H14BrN3O3S. The summed E-state index contributed by atoms with van der Waals surface area (Å²) in [6.07, 6.45) is 1.67. The Morgan fingerprint density at radius 2 is 2.17 bits per heavy atom. The molecule has 6 nitrogen and oxygen atoms in total. The first-order valence-corrected chi connectivity index (χ1v) is 8.73. The van der Waals surface area contributed by atoms with Crippen LogP contribution in [0.3, 0.4) is 0 Å². The van der Waals surface area contributed by atoms with Gasteiger partial charge in [0.05, 0.1) is 8.71 Å². The summed E-state index contributed by atoms with van der Waals surface area (Å²) in [6, 6.07) is 7.22. The number of anilines is 2. The van der Waals surface area contributed by atoms with Crippen molar-refractivity contribution in [3.05, 3.63) is 48.6 Å². The van der Waals surface area contributed by atoms with Gasteiger partial charge in [0.15, 0.2) is 0 Å². The number of nitro groups is 1. The molecule has 1 aromatic heterocycles. The van der Waals surface area contributed by atoms with Gasteiger partial charge in [-0.1, -0.05) is 0 Å². The first kappa shape index (κ1) is 15.9. The van der Waals surface area contributed by atoms with Crippen LogP contribution in [0.4, 0.5) is 17.1 Å². The number of nitrogens with one attached hydrogen (secondary N) is 2. The van der Waals surface area contributed by atoms with E-state index < -0.39 is 0 Å². The second kappa shape index (κ2) is 6.67. The first-order chi connectivity index (χ1) is 11.0. The van der Waals surface area contributed by atoms with E-state index in [1.807, 2.05) is 12.1 Å². The molecular weight excluding hydrogens is 382 g/mol. The molecule has 1 aliphatic rings. The van der Waals surface area contributed by atoms with Crippen molar-refractivity contribution in [2.45, 2.75) is 19.3 Å². The smallest absolute Gasteiger partial charge is 0.292 e. The zero-order valence-electron chi connectivity index (χ0n) is 12.1. The maximum absolute atomic E-state index is 11.5. The number of benzene rings is 1. The van der Waals surface area contributed by atoms with Gasteiger partial charge in [-0.3, -0.25) is 14.9 Å². The molecule has 23 heavy (non-hydrogen) atoms. The highest BCUT2D eigenvalue weighted by Crippen LogP contribution is 2.34. The Kier molecular flexibility index (Phi) is 4.63. The number of nitrogens with zero attached hydrogens (tertiary/aromatic N) is 1. The quantitative estimate of drug-likeness (QED) is 0.592. The van der Waals surface area contributed by atoms with E-state index in [-0.39, 0.29) is 16.5 Å². The fraction of sp³-hybridized carbons (Fsp3) is 0.267.